The molecule has 0 unspecified atom stereocenters. The highest BCUT2D eigenvalue weighted by Crippen LogP contribution is 2.28. The third-order valence-electron chi connectivity index (χ3n) is 2.50. The zero-order valence-electron chi connectivity index (χ0n) is 8.93. The maximum Gasteiger partial charge on any atom is 0.161 e. The van der Waals surface area contributed by atoms with E-state index in [4.69, 9.17) is 18.9 Å². The molecule has 2 atom stereocenters. The number of epoxide rings is 2. The monoisotopic (exact) mass is 222 g/mol. The normalized spacial score (nSPS) is 26.2. The Balaban J connectivity index is 1.58. The highest BCUT2D eigenvalue weighted by Gasteiger charge is 2.25. The lowest BCUT2D eigenvalue weighted by Crippen LogP contribution is -2.08. The van der Waals surface area contributed by atoms with Gasteiger partial charge >= 0.3 is 0 Å². The van der Waals surface area contributed by atoms with Crippen molar-refractivity contribution in [1.82, 2.24) is 0 Å². The van der Waals surface area contributed by atoms with Crippen LogP contribution in [0.5, 0.6) is 11.5 Å². The minimum atomic E-state index is 0.264. The molecule has 86 valence electrons. The zero-order chi connectivity index (χ0) is 10.8. The van der Waals surface area contributed by atoms with Crippen LogP contribution in [0.4, 0.5) is 0 Å². The third-order valence-corrected chi connectivity index (χ3v) is 2.50. The standard InChI is InChI=1S/C12H14O4/c1-2-4-12(16-8-10-6-14-10)11(3-1)15-7-9-5-13-9/h1-4,9-10H,5-8H2/t9-,10-/m0/s1. The summed E-state index contributed by atoms with van der Waals surface area (Å²) >= 11 is 0. The van der Waals surface area contributed by atoms with Crippen molar-refractivity contribution >= 4 is 0 Å². The van der Waals surface area contributed by atoms with Crippen LogP contribution in [-0.2, 0) is 9.47 Å². The second kappa shape index (κ2) is 4.31. The molecule has 2 heterocycles. The summed E-state index contributed by atoms with van der Waals surface area (Å²) in [5.41, 5.74) is 0. The molecule has 0 aromatic heterocycles. The van der Waals surface area contributed by atoms with E-state index in [1.165, 1.54) is 0 Å². The van der Waals surface area contributed by atoms with Gasteiger partial charge in [-0.2, -0.15) is 0 Å². The summed E-state index contributed by atoms with van der Waals surface area (Å²) in [5.74, 6) is 1.55. The molecular formula is C12H14O4. The predicted molar refractivity (Wildman–Crippen MR) is 56.9 cm³/mol. The van der Waals surface area contributed by atoms with Crippen LogP contribution in [0.3, 0.4) is 0 Å². The highest BCUT2D eigenvalue weighted by atomic mass is 16.6. The molecule has 2 fully saturated rings. The van der Waals surface area contributed by atoms with Gasteiger partial charge in [-0.3, -0.25) is 0 Å². The van der Waals surface area contributed by atoms with Crippen molar-refractivity contribution < 1.29 is 18.9 Å². The fraction of sp³-hybridized carbons (Fsp3) is 0.500. The summed E-state index contributed by atoms with van der Waals surface area (Å²) < 4.78 is 21.4. The van der Waals surface area contributed by atoms with Crippen LogP contribution in [0.2, 0.25) is 0 Å². The molecule has 0 saturated carbocycles. The van der Waals surface area contributed by atoms with Gasteiger partial charge in [-0.25, -0.2) is 0 Å². The zero-order valence-corrected chi connectivity index (χ0v) is 8.93. The lowest BCUT2D eigenvalue weighted by atomic mass is 10.3. The van der Waals surface area contributed by atoms with Crippen LogP contribution < -0.4 is 9.47 Å². The first-order valence-electron chi connectivity index (χ1n) is 5.49. The van der Waals surface area contributed by atoms with Crippen LogP contribution in [-0.4, -0.2) is 38.6 Å². The fourth-order valence-electron chi connectivity index (χ4n) is 1.38. The van der Waals surface area contributed by atoms with Crippen molar-refractivity contribution in [3.8, 4) is 11.5 Å². The topological polar surface area (TPSA) is 43.5 Å². The second-order valence-corrected chi connectivity index (χ2v) is 3.98. The molecule has 0 radical (unpaired) electrons. The molecular weight excluding hydrogens is 208 g/mol. The van der Waals surface area contributed by atoms with Gasteiger partial charge in [0.15, 0.2) is 11.5 Å². The number of benzene rings is 1. The molecule has 1 aromatic rings. The maximum atomic E-state index is 5.62. The Morgan fingerprint density at radius 1 is 0.938 bits per heavy atom. The van der Waals surface area contributed by atoms with E-state index >= 15 is 0 Å². The summed E-state index contributed by atoms with van der Waals surface area (Å²) in [4.78, 5) is 0. The minimum Gasteiger partial charge on any atom is -0.487 e. The van der Waals surface area contributed by atoms with E-state index in [2.05, 4.69) is 0 Å². The Morgan fingerprint density at radius 2 is 1.38 bits per heavy atom. The lowest BCUT2D eigenvalue weighted by Gasteiger charge is -2.10. The molecule has 0 aliphatic carbocycles. The SMILES string of the molecule is c1ccc(OC[C@@H]2CO2)c(OC[C@@H]2CO2)c1. The van der Waals surface area contributed by atoms with E-state index in [9.17, 15) is 0 Å². The van der Waals surface area contributed by atoms with E-state index in [0.29, 0.717) is 13.2 Å². The van der Waals surface area contributed by atoms with Gasteiger partial charge in [0.25, 0.3) is 0 Å². The van der Waals surface area contributed by atoms with Gasteiger partial charge in [0, 0.05) is 0 Å². The van der Waals surface area contributed by atoms with Crippen LogP contribution in [0.1, 0.15) is 0 Å². The molecule has 0 N–H and O–H groups in total. The Kier molecular flexibility index (Phi) is 2.68. The number of para-hydroxylation sites is 2. The Morgan fingerprint density at radius 3 is 1.75 bits per heavy atom. The van der Waals surface area contributed by atoms with Gasteiger partial charge in [0.05, 0.1) is 13.2 Å². The van der Waals surface area contributed by atoms with Crippen molar-refractivity contribution in [2.45, 2.75) is 12.2 Å². The molecule has 4 heteroatoms. The van der Waals surface area contributed by atoms with Gasteiger partial charge in [-0.1, -0.05) is 12.1 Å². The van der Waals surface area contributed by atoms with Crippen molar-refractivity contribution in [3.63, 3.8) is 0 Å². The van der Waals surface area contributed by atoms with E-state index < -0.39 is 0 Å². The number of rotatable bonds is 6. The van der Waals surface area contributed by atoms with Crippen LogP contribution in [0, 0.1) is 0 Å². The third kappa shape index (κ3) is 2.65. The second-order valence-electron chi connectivity index (χ2n) is 3.98. The molecule has 16 heavy (non-hydrogen) atoms. The van der Waals surface area contributed by atoms with E-state index in [1.807, 2.05) is 24.3 Å². The number of hydrogen-bond acceptors (Lipinski definition) is 4. The summed E-state index contributed by atoms with van der Waals surface area (Å²) in [7, 11) is 0. The molecule has 0 spiro atoms. The quantitative estimate of drug-likeness (QED) is 0.679. The number of hydrogen-bond donors (Lipinski definition) is 0. The smallest absolute Gasteiger partial charge is 0.161 e. The molecule has 1 aromatic carbocycles. The van der Waals surface area contributed by atoms with Crippen molar-refractivity contribution in [3.05, 3.63) is 24.3 Å². The molecule has 0 bridgehead atoms. The van der Waals surface area contributed by atoms with Gasteiger partial charge in [-0.15, -0.1) is 0 Å². The van der Waals surface area contributed by atoms with E-state index in [1.54, 1.807) is 0 Å². The molecule has 3 rings (SSSR count). The molecule has 0 amide bonds. The Labute approximate surface area is 94.1 Å². The molecule has 2 aliphatic heterocycles. The Bertz CT molecular complexity index is 323. The van der Waals surface area contributed by atoms with Crippen molar-refractivity contribution in [1.29, 1.82) is 0 Å². The van der Waals surface area contributed by atoms with Crippen LogP contribution >= 0.6 is 0 Å². The van der Waals surface area contributed by atoms with Gasteiger partial charge in [-0.05, 0) is 12.1 Å². The average Bonchev–Trinajstić information content (AvgIpc) is 3.17. The fourth-order valence-corrected chi connectivity index (χ4v) is 1.38. The maximum absolute atomic E-state index is 5.62. The van der Waals surface area contributed by atoms with Gasteiger partial charge < -0.3 is 18.9 Å². The molecule has 4 nitrogen and oxygen atoms in total. The van der Waals surface area contributed by atoms with Crippen molar-refractivity contribution in [2.75, 3.05) is 26.4 Å². The first-order valence-corrected chi connectivity index (χ1v) is 5.49. The average molecular weight is 222 g/mol. The largest absolute Gasteiger partial charge is 0.487 e. The van der Waals surface area contributed by atoms with Gasteiger partial charge in [0.2, 0.25) is 0 Å². The highest BCUT2D eigenvalue weighted by molar-refractivity contribution is 5.39. The number of ether oxygens (including phenoxy) is 4. The minimum absolute atomic E-state index is 0.264. The van der Waals surface area contributed by atoms with Crippen molar-refractivity contribution in [2.24, 2.45) is 0 Å². The first-order chi connectivity index (χ1) is 7.92. The first kappa shape index (κ1) is 9.93. The van der Waals surface area contributed by atoms with Crippen LogP contribution in [0.15, 0.2) is 24.3 Å². The van der Waals surface area contributed by atoms with Gasteiger partial charge in [0.1, 0.15) is 25.4 Å². The predicted octanol–water partition coefficient (Wildman–Crippen LogP) is 1.24. The van der Waals surface area contributed by atoms with E-state index in [0.717, 1.165) is 24.7 Å². The summed E-state index contributed by atoms with van der Waals surface area (Å²) in [5, 5.41) is 0. The molecule has 2 aliphatic rings. The summed E-state index contributed by atoms with van der Waals surface area (Å²) in [6, 6.07) is 7.68. The van der Waals surface area contributed by atoms with Crippen LogP contribution in [0.25, 0.3) is 0 Å². The molecule has 2 saturated heterocycles. The summed E-state index contributed by atoms with van der Waals surface area (Å²) in [6.45, 7) is 2.80. The summed E-state index contributed by atoms with van der Waals surface area (Å²) in [6.07, 6.45) is 0.527. The lowest BCUT2D eigenvalue weighted by molar-refractivity contribution is 0.228. The Hall–Kier alpha value is -1.26. The van der Waals surface area contributed by atoms with E-state index in [-0.39, 0.29) is 12.2 Å².